The van der Waals surface area contributed by atoms with E-state index in [9.17, 15) is 9.59 Å². The van der Waals surface area contributed by atoms with Crippen molar-refractivity contribution in [2.45, 2.75) is 26.7 Å². The lowest BCUT2D eigenvalue weighted by Gasteiger charge is -2.13. The van der Waals surface area contributed by atoms with Gasteiger partial charge < -0.3 is 14.8 Å². The minimum atomic E-state index is -0.618. The molecule has 0 radical (unpaired) electrons. The molecule has 0 unspecified atom stereocenters. The Hall–Kier alpha value is -1.75. The summed E-state index contributed by atoms with van der Waals surface area (Å²) in [6, 6.07) is 7.42. The molecule has 6 heteroatoms. The second-order valence-corrected chi connectivity index (χ2v) is 5.44. The zero-order chi connectivity index (χ0) is 15.8. The van der Waals surface area contributed by atoms with Crippen molar-refractivity contribution in [3.05, 3.63) is 34.9 Å². The van der Waals surface area contributed by atoms with Crippen molar-refractivity contribution >= 4 is 23.7 Å². The van der Waals surface area contributed by atoms with E-state index < -0.39 is 12.1 Å². The number of hydrogen-bond donors (Lipinski definition) is 1. The van der Waals surface area contributed by atoms with Crippen molar-refractivity contribution in [2.75, 3.05) is 13.3 Å². The maximum Gasteiger partial charge on any atom is 0.410 e. The first-order chi connectivity index (χ1) is 9.90. The molecule has 0 aliphatic carbocycles. The molecule has 0 aliphatic heterocycles. The van der Waals surface area contributed by atoms with Gasteiger partial charge in [0.05, 0.1) is 5.92 Å². The van der Waals surface area contributed by atoms with E-state index in [-0.39, 0.29) is 18.6 Å². The van der Waals surface area contributed by atoms with Crippen LogP contribution in [0.1, 0.15) is 32.3 Å². The fourth-order valence-corrected chi connectivity index (χ4v) is 1.63. The first-order valence-electron chi connectivity index (χ1n) is 6.73. The molecule has 1 rings (SSSR count). The molecule has 1 aromatic rings. The lowest BCUT2D eigenvalue weighted by Crippen LogP contribution is -2.29. The summed E-state index contributed by atoms with van der Waals surface area (Å²) in [5.41, 5.74) is 1.06. The third-order valence-electron chi connectivity index (χ3n) is 2.85. The van der Waals surface area contributed by atoms with Crippen LogP contribution in [0.5, 0.6) is 0 Å². The van der Waals surface area contributed by atoms with Gasteiger partial charge in [0.25, 0.3) is 0 Å². The highest BCUT2D eigenvalue weighted by Crippen LogP contribution is 2.17. The smallest absolute Gasteiger partial charge is 0.410 e. The quantitative estimate of drug-likeness (QED) is 0.646. The van der Waals surface area contributed by atoms with E-state index in [1.807, 2.05) is 19.1 Å². The van der Waals surface area contributed by atoms with E-state index >= 15 is 0 Å². The molecule has 1 aromatic carbocycles. The summed E-state index contributed by atoms with van der Waals surface area (Å²) in [5, 5.41) is 3.28. The topological polar surface area (TPSA) is 64.6 Å². The molecular weight excluding hydrogens is 294 g/mol. The lowest BCUT2D eigenvalue weighted by molar-refractivity contribution is -0.155. The van der Waals surface area contributed by atoms with Gasteiger partial charge in [-0.2, -0.15) is 0 Å². The minimum absolute atomic E-state index is 0.119. The average Bonchev–Trinajstić information content (AvgIpc) is 2.45. The highest BCUT2D eigenvalue weighted by Gasteiger charge is 2.11. The van der Waals surface area contributed by atoms with Gasteiger partial charge in [-0.3, -0.25) is 4.79 Å². The summed E-state index contributed by atoms with van der Waals surface area (Å²) >= 11 is 5.82. The van der Waals surface area contributed by atoms with Crippen molar-refractivity contribution in [3.8, 4) is 0 Å². The minimum Gasteiger partial charge on any atom is -0.428 e. The lowest BCUT2D eigenvalue weighted by atomic mass is 10.0. The second kappa shape index (κ2) is 8.52. The Kier molecular flexibility index (Phi) is 7.02. The van der Waals surface area contributed by atoms with Crippen LogP contribution in [0.15, 0.2) is 24.3 Å². The zero-order valence-corrected chi connectivity index (χ0v) is 13.1. The van der Waals surface area contributed by atoms with Crippen molar-refractivity contribution in [3.63, 3.8) is 0 Å². The Balaban J connectivity index is 2.26. The molecule has 0 saturated carbocycles. The van der Waals surface area contributed by atoms with Crippen LogP contribution in [0.3, 0.4) is 0 Å². The molecule has 0 bridgehead atoms. The Morgan fingerprint density at radius 3 is 2.33 bits per heavy atom. The number of alkyl carbamates (subject to hydrolysis) is 1. The molecule has 1 atom stereocenters. The molecule has 1 N–H and O–H groups in total. The summed E-state index contributed by atoms with van der Waals surface area (Å²) in [6.07, 6.45) is -0.618. The van der Waals surface area contributed by atoms with Gasteiger partial charge in [-0.15, -0.1) is 0 Å². The summed E-state index contributed by atoms with van der Waals surface area (Å²) in [4.78, 5) is 22.6. The highest BCUT2D eigenvalue weighted by molar-refractivity contribution is 6.30. The van der Waals surface area contributed by atoms with E-state index in [1.165, 1.54) is 0 Å². The maximum atomic E-state index is 11.4. The van der Waals surface area contributed by atoms with E-state index in [2.05, 4.69) is 5.32 Å². The molecule has 0 spiro atoms. The van der Waals surface area contributed by atoms with E-state index in [0.717, 1.165) is 5.56 Å². The van der Waals surface area contributed by atoms with Gasteiger partial charge in [-0.25, -0.2) is 4.79 Å². The van der Waals surface area contributed by atoms with E-state index in [0.29, 0.717) is 11.6 Å². The number of benzene rings is 1. The van der Waals surface area contributed by atoms with Gasteiger partial charge in [-0.05, 0) is 23.6 Å². The number of carbonyl (C=O) groups excluding carboxylic acids is 2. The highest BCUT2D eigenvalue weighted by atomic mass is 35.5. The Bertz CT molecular complexity index is 473. The van der Waals surface area contributed by atoms with Gasteiger partial charge in [0.2, 0.25) is 6.79 Å². The largest absolute Gasteiger partial charge is 0.428 e. The number of esters is 1. The van der Waals surface area contributed by atoms with Gasteiger partial charge in [0.1, 0.15) is 0 Å². The van der Waals surface area contributed by atoms with Gasteiger partial charge in [0.15, 0.2) is 0 Å². The molecule has 0 fully saturated rings. The van der Waals surface area contributed by atoms with Crippen molar-refractivity contribution in [1.82, 2.24) is 5.32 Å². The molecule has 0 aliphatic rings. The summed E-state index contributed by atoms with van der Waals surface area (Å²) in [7, 11) is 0. The van der Waals surface area contributed by atoms with Crippen molar-refractivity contribution in [1.29, 1.82) is 0 Å². The number of halogens is 1. The molecule has 21 heavy (non-hydrogen) atoms. The molecule has 0 saturated heterocycles. The number of amides is 1. The maximum absolute atomic E-state index is 11.4. The normalized spacial score (nSPS) is 11.9. The predicted molar refractivity (Wildman–Crippen MR) is 80.1 cm³/mol. The fraction of sp³-hybridized carbons (Fsp3) is 0.467. The predicted octanol–water partition coefficient (Wildman–Crippen LogP) is 3.33. The van der Waals surface area contributed by atoms with Crippen LogP contribution in [0.25, 0.3) is 0 Å². The number of nitrogens with one attached hydrogen (secondary N) is 1. The zero-order valence-electron chi connectivity index (χ0n) is 12.4. The van der Waals surface area contributed by atoms with Crippen LogP contribution in [0.2, 0.25) is 5.02 Å². The molecular formula is C15H20ClNO4. The Morgan fingerprint density at radius 1 is 1.14 bits per heavy atom. The van der Waals surface area contributed by atoms with E-state index in [1.54, 1.807) is 26.0 Å². The monoisotopic (exact) mass is 313 g/mol. The van der Waals surface area contributed by atoms with Crippen molar-refractivity contribution in [2.24, 2.45) is 5.92 Å². The third-order valence-corrected chi connectivity index (χ3v) is 3.11. The first-order valence-corrected chi connectivity index (χ1v) is 7.10. The second-order valence-electron chi connectivity index (χ2n) is 5.00. The van der Waals surface area contributed by atoms with Crippen LogP contribution in [0.4, 0.5) is 4.79 Å². The van der Waals surface area contributed by atoms with Crippen LogP contribution in [-0.4, -0.2) is 25.4 Å². The SMILES string of the molecule is CC(C)C(=O)OCOC(=O)NC[C@@H](C)c1ccc(Cl)cc1. The molecule has 0 heterocycles. The number of carbonyl (C=O) groups is 2. The number of ether oxygens (including phenoxy) is 2. The fourth-order valence-electron chi connectivity index (χ4n) is 1.50. The summed E-state index contributed by atoms with van der Waals surface area (Å²) in [6.45, 7) is 5.42. The van der Waals surface area contributed by atoms with Crippen LogP contribution < -0.4 is 5.32 Å². The molecule has 116 valence electrons. The number of hydrogen-bond acceptors (Lipinski definition) is 4. The average molecular weight is 314 g/mol. The summed E-state index contributed by atoms with van der Waals surface area (Å²) < 4.78 is 9.50. The third kappa shape index (κ3) is 6.49. The van der Waals surface area contributed by atoms with Gasteiger partial charge in [-0.1, -0.05) is 44.5 Å². The molecule has 1 amide bonds. The van der Waals surface area contributed by atoms with E-state index in [4.69, 9.17) is 21.1 Å². The molecule has 0 aromatic heterocycles. The van der Waals surface area contributed by atoms with Crippen LogP contribution in [-0.2, 0) is 14.3 Å². The van der Waals surface area contributed by atoms with Crippen LogP contribution in [0, 0.1) is 5.92 Å². The van der Waals surface area contributed by atoms with Gasteiger partial charge in [0, 0.05) is 11.6 Å². The standard InChI is InChI=1S/C15H20ClNO4/c1-10(2)14(18)20-9-21-15(19)17-8-11(3)12-4-6-13(16)7-5-12/h4-7,10-11H,8-9H2,1-3H3,(H,17,19)/t11-/m1/s1. The Labute approximate surface area is 129 Å². The molecule has 5 nitrogen and oxygen atoms in total. The number of rotatable bonds is 6. The van der Waals surface area contributed by atoms with Crippen molar-refractivity contribution < 1.29 is 19.1 Å². The van der Waals surface area contributed by atoms with Gasteiger partial charge >= 0.3 is 12.1 Å². The first kappa shape index (κ1) is 17.3. The Morgan fingerprint density at radius 2 is 1.76 bits per heavy atom. The van der Waals surface area contributed by atoms with Crippen LogP contribution >= 0.6 is 11.6 Å². The summed E-state index contributed by atoms with van der Waals surface area (Å²) in [5.74, 6) is -0.535.